The largest absolute Gasteiger partial charge is 0.348 e. The van der Waals surface area contributed by atoms with Crippen LogP contribution in [0, 0.1) is 0 Å². The van der Waals surface area contributed by atoms with E-state index in [9.17, 15) is 4.79 Å². The van der Waals surface area contributed by atoms with Gasteiger partial charge in [-0.25, -0.2) is 4.68 Å². The normalized spacial score (nSPS) is 10.9. The molecule has 0 aliphatic heterocycles. The summed E-state index contributed by atoms with van der Waals surface area (Å²) in [5.41, 5.74) is 5.11. The lowest BCUT2D eigenvalue weighted by molar-refractivity contribution is 0.0951. The van der Waals surface area contributed by atoms with Gasteiger partial charge in [0.05, 0.1) is 11.3 Å². The van der Waals surface area contributed by atoms with Gasteiger partial charge in [-0.15, -0.1) is 0 Å². The van der Waals surface area contributed by atoms with E-state index in [1.54, 1.807) is 23.3 Å². The van der Waals surface area contributed by atoms with Crippen LogP contribution in [0.3, 0.4) is 0 Å². The predicted molar refractivity (Wildman–Crippen MR) is 122 cm³/mol. The molecule has 2 heterocycles. The summed E-state index contributed by atoms with van der Waals surface area (Å²) in [6.45, 7) is 1.27. The Morgan fingerprint density at radius 2 is 1.71 bits per heavy atom. The Morgan fingerprint density at radius 3 is 2.42 bits per heavy atom. The van der Waals surface area contributed by atoms with Gasteiger partial charge in [0.2, 0.25) is 0 Å². The summed E-state index contributed by atoms with van der Waals surface area (Å²) >= 11 is 0. The number of nitrogens with zero attached hydrogens (tertiary/aromatic N) is 4. The number of aromatic nitrogens is 3. The number of carbonyl (C=O) groups excluding carboxylic acids is 1. The van der Waals surface area contributed by atoms with Crippen LogP contribution in [-0.2, 0) is 13.1 Å². The molecular weight excluding hydrogens is 386 g/mol. The molecule has 156 valence electrons. The molecule has 0 bridgehead atoms. The van der Waals surface area contributed by atoms with Crippen molar-refractivity contribution >= 4 is 5.91 Å². The molecule has 2 aromatic heterocycles. The quantitative estimate of drug-likeness (QED) is 0.501. The van der Waals surface area contributed by atoms with Crippen molar-refractivity contribution in [2.45, 2.75) is 13.1 Å². The first-order chi connectivity index (χ1) is 15.1. The smallest absolute Gasteiger partial charge is 0.255 e. The second kappa shape index (κ2) is 9.36. The van der Waals surface area contributed by atoms with Gasteiger partial charge in [0.25, 0.3) is 5.91 Å². The van der Waals surface area contributed by atoms with Crippen LogP contribution in [0.25, 0.3) is 16.9 Å². The molecule has 0 unspecified atom stereocenters. The Bertz CT molecular complexity index is 1150. The fourth-order valence-electron chi connectivity index (χ4n) is 3.46. The first-order valence-corrected chi connectivity index (χ1v) is 10.2. The summed E-state index contributed by atoms with van der Waals surface area (Å²) in [7, 11) is 4.07. The molecule has 31 heavy (non-hydrogen) atoms. The second-order valence-corrected chi connectivity index (χ2v) is 7.60. The summed E-state index contributed by atoms with van der Waals surface area (Å²) in [6, 6.07) is 21.7. The molecule has 0 aliphatic carbocycles. The minimum absolute atomic E-state index is 0.166. The van der Waals surface area contributed by atoms with Crippen molar-refractivity contribution in [3.8, 4) is 16.9 Å². The van der Waals surface area contributed by atoms with Crippen LogP contribution in [-0.4, -0.2) is 39.7 Å². The Hall–Kier alpha value is -3.77. The lowest BCUT2D eigenvalue weighted by Gasteiger charge is -2.14. The van der Waals surface area contributed by atoms with Crippen LogP contribution in [0.2, 0.25) is 0 Å². The third-order valence-electron chi connectivity index (χ3n) is 4.96. The van der Waals surface area contributed by atoms with E-state index in [1.807, 2.05) is 68.7 Å². The van der Waals surface area contributed by atoms with Crippen molar-refractivity contribution in [1.82, 2.24) is 25.0 Å². The van der Waals surface area contributed by atoms with E-state index in [-0.39, 0.29) is 5.91 Å². The van der Waals surface area contributed by atoms with Crippen LogP contribution in [0.1, 0.15) is 21.5 Å². The van der Waals surface area contributed by atoms with Crippen LogP contribution in [0.5, 0.6) is 0 Å². The molecule has 0 fully saturated rings. The van der Waals surface area contributed by atoms with Crippen molar-refractivity contribution in [1.29, 1.82) is 0 Å². The monoisotopic (exact) mass is 411 g/mol. The molecule has 0 spiro atoms. The first kappa shape index (κ1) is 20.5. The first-order valence-electron chi connectivity index (χ1n) is 10.2. The third-order valence-corrected chi connectivity index (χ3v) is 4.96. The van der Waals surface area contributed by atoms with Crippen LogP contribution in [0.4, 0.5) is 0 Å². The summed E-state index contributed by atoms with van der Waals surface area (Å²) in [4.78, 5) is 19.5. The molecule has 0 aliphatic rings. The number of amides is 1. The maximum Gasteiger partial charge on any atom is 0.255 e. The zero-order chi connectivity index (χ0) is 21.6. The van der Waals surface area contributed by atoms with Gasteiger partial charge in [0.1, 0.15) is 5.69 Å². The number of hydrogen-bond acceptors (Lipinski definition) is 4. The van der Waals surface area contributed by atoms with Crippen molar-refractivity contribution in [3.05, 3.63) is 102 Å². The van der Waals surface area contributed by atoms with Gasteiger partial charge >= 0.3 is 0 Å². The topological polar surface area (TPSA) is 63.1 Å². The van der Waals surface area contributed by atoms with Gasteiger partial charge in [-0.3, -0.25) is 9.78 Å². The zero-order valence-corrected chi connectivity index (χ0v) is 17.7. The van der Waals surface area contributed by atoms with E-state index in [0.29, 0.717) is 17.8 Å². The molecule has 2 aromatic carbocycles. The number of pyridine rings is 1. The highest BCUT2D eigenvalue weighted by atomic mass is 16.1. The van der Waals surface area contributed by atoms with E-state index >= 15 is 0 Å². The number of nitrogens with one attached hydrogen (secondary N) is 1. The Labute approximate surface area is 182 Å². The summed E-state index contributed by atoms with van der Waals surface area (Å²) in [6.07, 6.45) is 5.21. The molecule has 4 rings (SSSR count). The molecular formula is C25H25N5O. The van der Waals surface area contributed by atoms with Gasteiger partial charge in [0.15, 0.2) is 0 Å². The minimum Gasteiger partial charge on any atom is -0.348 e. The van der Waals surface area contributed by atoms with Crippen molar-refractivity contribution in [2.75, 3.05) is 14.1 Å². The number of para-hydroxylation sites is 1. The van der Waals surface area contributed by atoms with Crippen LogP contribution < -0.4 is 5.32 Å². The lowest BCUT2D eigenvalue weighted by Crippen LogP contribution is -2.24. The molecule has 0 radical (unpaired) electrons. The molecule has 1 N–H and O–H groups in total. The van der Waals surface area contributed by atoms with E-state index < -0.39 is 0 Å². The fourth-order valence-corrected chi connectivity index (χ4v) is 3.46. The van der Waals surface area contributed by atoms with Crippen molar-refractivity contribution in [3.63, 3.8) is 0 Å². The van der Waals surface area contributed by atoms with Gasteiger partial charge < -0.3 is 10.2 Å². The molecule has 4 aromatic rings. The average molecular weight is 412 g/mol. The molecule has 1 amide bonds. The number of carbonyl (C=O) groups is 1. The van der Waals surface area contributed by atoms with E-state index in [4.69, 9.17) is 5.10 Å². The number of rotatable bonds is 7. The maximum absolute atomic E-state index is 13.2. The maximum atomic E-state index is 13.2. The van der Waals surface area contributed by atoms with Gasteiger partial charge in [-0.05, 0) is 49.5 Å². The number of benzene rings is 2. The SMILES string of the molecule is CN(C)Cc1ccccc1CNC(=O)c1cn(-c2ccccc2)nc1-c1cccnc1. The van der Waals surface area contributed by atoms with E-state index in [2.05, 4.69) is 27.3 Å². The molecule has 0 saturated carbocycles. The van der Waals surface area contributed by atoms with Crippen LogP contribution >= 0.6 is 0 Å². The second-order valence-electron chi connectivity index (χ2n) is 7.60. The standard InChI is InChI=1S/C25H25N5O/c1-29(2)17-21-10-7-6-9-19(21)16-27-25(31)23-18-30(22-12-4-3-5-13-22)28-24(23)20-11-8-14-26-15-20/h3-15,18H,16-17H2,1-2H3,(H,27,31). The van der Waals surface area contributed by atoms with Gasteiger partial charge in [-0.2, -0.15) is 5.10 Å². The predicted octanol–water partition coefficient (Wildman–Crippen LogP) is 3.93. The van der Waals surface area contributed by atoms with Crippen molar-refractivity contribution in [2.24, 2.45) is 0 Å². The minimum atomic E-state index is -0.166. The summed E-state index contributed by atoms with van der Waals surface area (Å²) in [5, 5.41) is 7.77. The summed E-state index contributed by atoms with van der Waals surface area (Å²) in [5.74, 6) is -0.166. The Balaban J connectivity index is 1.63. The summed E-state index contributed by atoms with van der Waals surface area (Å²) < 4.78 is 1.73. The molecule has 6 heteroatoms. The lowest BCUT2D eigenvalue weighted by atomic mass is 10.1. The van der Waals surface area contributed by atoms with Gasteiger partial charge in [0, 0.05) is 37.2 Å². The van der Waals surface area contributed by atoms with E-state index in [0.717, 1.165) is 23.4 Å². The highest BCUT2D eigenvalue weighted by Crippen LogP contribution is 2.23. The highest BCUT2D eigenvalue weighted by molar-refractivity contribution is 5.99. The average Bonchev–Trinajstić information content (AvgIpc) is 3.25. The fraction of sp³-hybridized carbons (Fsp3) is 0.160. The molecule has 6 nitrogen and oxygen atoms in total. The van der Waals surface area contributed by atoms with E-state index in [1.165, 1.54) is 5.56 Å². The number of hydrogen-bond donors (Lipinski definition) is 1. The molecule has 0 atom stereocenters. The highest BCUT2D eigenvalue weighted by Gasteiger charge is 2.19. The third kappa shape index (κ3) is 4.87. The Kier molecular flexibility index (Phi) is 6.19. The molecule has 0 saturated heterocycles. The zero-order valence-electron chi connectivity index (χ0n) is 17.7. The van der Waals surface area contributed by atoms with Crippen molar-refractivity contribution < 1.29 is 4.79 Å². The Morgan fingerprint density at radius 1 is 0.968 bits per heavy atom. The van der Waals surface area contributed by atoms with Gasteiger partial charge in [-0.1, -0.05) is 42.5 Å². The van der Waals surface area contributed by atoms with Crippen LogP contribution in [0.15, 0.2) is 85.3 Å².